The molecule has 0 aromatic heterocycles. The number of anilines is 1. The Hall–Kier alpha value is -2.88. The average Bonchev–Trinajstić information content (AvgIpc) is 2.92. The maximum Gasteiger partial charge on any atom is 0.264 e. The Morgan fingerprint density at radius 3 is 2.24 bits per heavy atom. The lowest BCUT2D eigenvalue weighted by Gasteiger charge is -2.32. The van der Waals surface area contributed by atoms with Crippen LogP contribution in [0.1, 0.15) is 32.3 Å². The van der Waals surface area contributed by atoms with E-state index in [4.69, 9.17) is 11.6 Å². The van der Waals surface area contributed by atoms with Crippen LogP contribution in [-0.2, 0) is 26.2 Å². The van der Waals surface area contributed by atoms with Gasteiger partial charge in [0.2, 0.25) is 11.8 Å². The molecule has 38 heavy (non-hydrogen) atoms. The van der Waals surface area contributed by atoms with Crippen LogP contribution < -0.4 is 9.62 Å². The number of unbranched alkanes of at least 4 members (excludes halogenated alkanes) is 1. The van der Waals surface area contributed by atoms with E-state index in [-0.39, 0.29) is 17.3 Å². The van der Waals surface area contributed by atoms with Crippen molar-refractivity contribution in [1.82, 2.24) is 10.2 Å². The first-order chi connectivity index (χ1) is 18.1. The van der Waals surface area contributed by atoms with Gasteiger partial charge in [-0.15, -0.1) is 0 Å². The number of carbonyl (C=O) groups excluding carboxylic acids is 2. The zero-order chi connectivity index (χ0) is 27.7. The van der Waals surface area contributed by atoms with Gasteiger partial charge in [-0.2, -0.15) is 0 Å². The normalized spacial score (nSPS) is 12.0. The predicted molar refractivity (Wildman–Crippen MR) is 154 cm³/mol. The van der Waals surface area contributed by atoms with E-state index in [2.05, 4.69) is 21.2 Å². The van der Waals surface area contributed by atoms with Crippen molar-refractivity contribution in [2.45, 2.75) is 44.2 Å². The minimum atomic E-state index is -4.10. The van der Waals surface area contributed by atoms with Crippen LogP contribution in [0, 0.1) is 0 Å². The molecule has 0 saturated heterocycles. The highest BCUT2D eigenvalue weighted by Gasteiger charge is 2.32. The molecule has 3 aromatic carbocycles. The first-order valence-corrected chi connectivity index (χ1v) is 14.9. The average molecular weight is 621 g/mol. The molecule has 0 aliphatic heterocycles. The smallest absolute Gasteiger partial charge is 0.264 e. The number of benzene rings is 3. The first kappa shape index (κ1) is 29.7. The fraction of sp³-hybridized carbons (Fsp3) is 0.286. The second-order valence-corrected chi connectivity index (χ2v) is 11.9. The number of hydrogen-bond acceptors (Lipinski definition) is 4. The Balaban J connectivity index is 1.99. The Labute approximate surface area is 238 Å². The van der Waals surface area contributed by atoms with Gasteiger partial charge >= 0.3 is 0 Å². The minimum Gasteiger partial charge on any atom is -0.354 e. The molecule has 3 rings (SSSR count). The van der Waals surface area contributed by atoms with Crippen LogP contribution in [0.3, 0.4) is 0 Å². The topological polar surface area (TPSA) is 86.8 Å². The van der Waals surface area contributed by atoms with Crippen molar-refractivity contribution < 1.29 is 18.0 Å². The van der Waals surface area contributed by atoms with E-state index in [1.807, 2.05) is 6.92 Å². The van der Waals surface area contributed by atoms with E-state index in [0.29, 0.717) is 22.8 Å². The van der Waals surface area contributed by atoms with Gasteiger partial charge in [-0.3, -0.25) is 13.9 Å². The maximum absolute atomic E-state index is 13.9. The minimum absolute atomic E-state index is 0.0421. The second-order valence-electron chi connectivity index (χ2n) is 8.73. The van der Waals surface area contributed by atoms with Crippen molar-refractivity contribution in [2.24, 2.45) is 0 Å². The molecule has 0 heterocycles. The molecule has 7 nitrogen and oxygen atoms in total. The third-order valence-corrected chi connectivity index (χ3v) is 8.71. The van der Waals surface area contributed by atoms with Gasteiger partial charge in [0.1, 0.15) is 12.6 Å². The standard InChI is InChI=1S/C28H31BrClN3O4S/c1-3-4-18-31-28(35)21(2)32(19-22-10-8-9-13-26(22)30)27(34)20-33(24-16-14-23(29)15-17-24)38(36,37)25-11-6-5-7-12-25/h5-17,21H,3-4,18-20H2,1-2H3,(H,31,35). The van der Waals surface area contributed by atoms with E-state index in [1.165, 1.54) is 17.0 Å². The molecule has 1 unspecified atom stereocenters. The van der Waals surface area contributed by atoms with E-state index in [9.17, 15) is 18.0 Å². The zero-order valence-electron chi connectivity index (χ0n) is 21.3. The van der Waals surface area contributed by atoms with Crippen LogP contribution in [0.25, 0.3) is 0 Å². The van der Waals surface area contributed by atoms with Gasteiger partial charge in [0, 0.05) is 22.6 Å². The van der Waals surface area contributed by atoms with Crippen LogP contribution >= 0.6 is 27.5 Å². The van der Waals surface area contributed by atoms with Gasteiger partial charge in [0.15, 0.2) is 0 Å². The van der Waals surface area contributed by atoms with Gasteiger partial charge < -0.3 is 10.2 Å². The largest absolute Gasteiger partial charge is 0.354 e. The highest BCUT2D eigenvalue weighted by molar-refractivity contribution is 9.10. The quantitative estimate of drug-likeness (QED) is 0.266. The lowest BCUT2D eigenvalue weighted by atomic mass is 10.1. The summed E-state index contributed by atoms with van der Waals surface area (Å²) in [7, 11) is -4.10. The molecule has 0 bridgehead atoms. The Morgan fingerprint density at radius 2 is 1.61 bits per heavy atom. The highest BCUT2D eigenvalue weighted by Crippen LogP contribution is 2.26. The number of carbonyl (C=O) groups is 2. The lowest BCUT2D eigenvalue weighted by molar-refractivity contribution is -0.139. The number of halogens is 2. The summed E-state index contributed by atoms with van der Waals surface area (Å²) < 4.78 is 29.3. The van der Waals surface area contributed by atoms with Crippen LogP contribution in [0.4, 0.5) is 5.69 Å². The van der Waals surface area contributed by atoms with E-state index < -0.39 is 28.5 Å². The van der Waals surface area contributed by atoms with Crippen LogP contribution in [0.2, 0.25) is 5.02 Å². The molecule has 10 heteroatoms. The lowest BCUT2D eigenvalue weighted by Crippen LogP contribution is -2.51. The van der Waals surface area contributed by atoms with Crippen molar-refractivity contribution in [3.8, 4) is 0 Å². The van der Waals surface area contributed by atoms with Gasteiger partial charge in [-0.05, 0) is 61.4 Å². The van der Waals surface area contributed by atoms with E-state index >= 15 is 0 Å². The molecule has 0 saturated carbocycles. The van der Waals surface area contributed by atoms with Crippen molar-refractivity contribution in [1.29, 1.82) is 0 Å². The summed E-state index contributed by atoms with van der Waals surface area (Å²) in [6.45, 7) is 3.68. The summed E-state index contributed by atoms with van der Waals surface area (Å²) in [5, 5.41) is 3.31. The molecule has 1 N–H and O–H groups in total. The molecular weight excluding hydrogens is 590 g/mol. The second kappa shape index (κ2) is 13.8. The van der Waals surface area contributed by atoms with Crippen molar-refractivity contribution in [3.63, 3.8) is 0 Å². The Kier molecular flexibility index (Phi) is 10.8. The highest BCUT2D eigenvalue weighted by atomic mass is 79.9. The molecule has 202 valence electrons. The predicted octanol–water partition coefficient (Wildman–Crippen LogP) is 5.63. The molecule has 0 fully saturated rings. The molecule has 0 aliphatic carbocycles. The maximum atomic E-state index is 13.9. The van der Waals surface area contributed by atoms with Gasteiger partial charge in [0.05, 0.1) is 10.6 Å². The molecule has 3 aromatic rings. The third-order valence-electron chi connectivity index (χ3n) is 6.02. The number of nitrogens with zero attached hydrogens (tertiary/aromatic N) is 2. The third kappa shape index (κ3) is 7.58. The number of rotatable bonds is 12. The zero-order valence-corrected chi connectivity index (χ0v) is 24.5. The molecule has 1 atom stereocenters. The molecule has 0 aliphatic rings. The van der Waals surface area contributed by atoms with Crippen molar-refractivity contribution in [2.75, 3.05) is 17.4 Å². The fourth-order valence-corrected chi connectivity index (χ4v) is 5.68. The van der Waals surface area contributed by atoms with Gasteiger partial charge in [-0.25, -0.2) is 8.42 Å². The molecule has 2 amide bonds. The molecule has 0 radical (unpaired) electrons. The summed E-state index contributed by atoms with van der Waals surface area (Å²) in [6.07, 6.45) is 1.72. The monoisotopic (exact) mass is 619 g/mol. The SMILES string of the molecule is CCCCNC(=O)C(C)N(Cc1ccccc1Cl)C(=O)CN(c1ccc(Br)cc1)S(=O)(=O)c1ccccc1. The Bertz CT molecular complexity index is 1340. The number of nitrogens with one attached hydrogen (secondary N) is 1. The molecular formula is C28H31BrClN3O4S. The van der Waals surface area contributed by atoms with E-state index in [1.54, 1.807) is 73.7 Å². The number of amides is 2. The van der Waals surface area contributed by atoms with Crippen molar-refractivity contribution in [3.05, 3.63) is 93.9 Å². The summed E-state index contributed by atoms with van der Waals surface area (Å²) in [6, 6.07) is 20.8. The van der Waals surface area contributed by atoms with Crippen molar-refractivity contribution >= 4 is 55.1 Å². The summed E-state index contributed by atoms with van der Waals surface area (Å²) in [4.78, 5) is 28.3. The summed E-state index contributed by atoms with van der Waals surface area (Å²) >= 11 is 9.75. The van der Waals surface area contributed by atoms with Crippen LogP contribution in [0.5, 0.6) is 0 Å². The summed E-state index contributed by atoms with van der Waals surface area (Å²) in [5.74, 6) is -0.856. The van der Waals surface area contributed by atoms with Crippen LogP contribution in [-0.4, -0.2) is 44.3 Å². The van der Waals surface area contributed by atoms with Crippen LogP contribution in [0.15, 0.2) is 88.2 Å². The summed E-state index contributed by atoms with van der Waals surface area (Å²) in [5.41, 5.74) is 0.972. The first-order valence-electron chi connectivity index (χ1n) is 12.3. The fourth-order valence-electron chi connectivity index (χ4n) is 3.78. The van der Waals surface area contributed by atoms with Gasteiger partial charge in [-0.1, -0.05) is 77.3 Å². The molecule has 0 spiro atoms. The number of sulfonamides is 1. The van der Waals surface area contributed by atoms with E-state index in [0.717, 1.165) is 21.6 Å². The Morgan fingerprint density at radius 1 is 0.974 bits per heavy atom. The van der Waals surface area contributed by atoms with Gasteiger partial charge in [0.25, 0.3) is 10.0 Å². The number of hydrogen-bond donors (Lipinski definition) is 1.